The van der Waals surface area contributed by atoms with Gasteiger partial charge in [-0.05, 0) is 12.1 Å². The van der Waals surface area contributed by atoms with Gasteiger partial charge in [0.05, 0.1) is 6.61 Å². The van der Waals surface area contributed by atoms with Crippen LogP contribution in [0.1, 0.15) is 22.5 Å². The summed E-state index contributed by atoms with van der Waals surface area (Å²) in [5.74, 6) is 4.35. The van der Waals surface area contributed by atoms with Crippen molar-refractivity contribution in [1.29, 1.82) is 0 Å². The Morgan fingerprint density at radius 3 is 3.00 bits per heavy atom. The van der Waals surface area contributed by atoms with Crippen LogP contribution in [0.4, 0.5) is 0 Å². The Kier molecular flexibility index (Phi) is 3.65. The molecule has 1 heterocycles. The van der Waals surface area contributed by atoms with Gasteiger partial charge in [0, 0.05) is 18.2 Å². The molecule has 0 aliphatic rings. The minimum atomic E-state index is -1.07. The topological polar surface area (TPSA) is 70.4 Å². The molecule has 0 atom stereocenters. The van der Waals surface area contributed by atoms with Crippen molar-refractivity contribution in [2.45, 2.75) is 6.42 Å². The second-order valence-corrected chi connectivity index (χ2v) is 2.51. The quantitative estimate of drug-likeness (QED) is 0.668. The lowest BCUT2D eigenvalue weighted by Crippen LogP contribution is -1.99. The molecule has 72 valence electrons. The molecule has 1 aromatic heterocycles. The number of carboxylic acid groups (broad SMARTS) is 1. The second kappa shape index (κ2) is 5.00. The lowest BCUT2D eigenvalue weighted by atomic mass is 10.2. The van der Waals surface area contributed by atoms with Crippen molar-refractivity contribution in [2.24, 2.45) is 0 Å². The number of aromatic nitrogens is 1. The van der Waals surface area contributed by atoms with Crippen molar-refractivity contribution < 1.29 is 15.0 Å². The van der Waals surface area contributed by atoms with E-state index in [0.717, 1.165) is 0 Å². The van der Waals surface area contributed by atoms with Gasteiger partial charge in [0.25, 0.3) is 0 Å². The molecule has 0 aliphatic heterocycles. The fourth-order valence-electron chi connectivity index (χ4n) is 0.846. The van der Waals surface area contributed by atoms with Gasteiger partial charge >= 0.3 is 5.97 Å². The van der Waals surface area contributed by atoms with Crippen molar-refractivity contribution in [1.82, 2.24) is 4.98 Å². The molecule has 4 heteroatoms. The molecule has 0 radical (unpaired) electrons. The van der Waals surface area contributed by atoms with Crippen molar-refractivity contribution in [2.75, 3.05) is 6.61 Å². The largest absolute Gasteiger partial charge is 0.477 e. The number of rotatable bonds is 2. The molecular weight excluding hydrogens is 182 g/mol. The average Bonchev–Trinajstić information content (AvgIpc) is 2.19. The van der Waals surface area contributed by atoms with E-state index in [2.05, 4.69) is 16.8 Å². The smallest absolute Gasteiger partial charge is 0.354 e. The normalized spacial score (nSPS) is 8.93. The predicted molar refractivity (Wildman–Crippen MR) is 49.8 cm³/mol. The number of carbonyl (C=O) groups is 1. The molecule has 1 aromatic rings. The van der Waals surface area contributed by atoms with Crippen molar-refractivity contribution in [3.63, 3.8) is 0 Å². The third kappa shape index (κ3) is 2.88. The molecule has 0 fully saturated rings. The Bertz CT molecular complexity index is 390. The fraction of sp³-hybridized carbons (Fsp3) is 0.200. The number of hydrogen-bond acceptors (Lipinski definition) is 3. The van der Waals surface area contributed by atoms with Crippen LogP contribution in [0, 0.1) is 11.8 Å². The van der Waals surface area contributed by atoms with Gasteiger partial charge in [0.15, 0.2) is 0 Å². The molecule has 14 heavy (non-hydrogen) atoms. The van der Waals surface area contributed by atoms with Crippen molar-refractivity contribution in [3.05, 3.63) is 29.6 Å². The zero-order chi connectivity index (χ0) is 10.4. The van der Waals surface area contributed by atoms with Crippen LogP contribution in [-0.2, 0) is 0 Å². The first-order valence-electron chi connectivity index (χ1n) is 4.03. The third-order valence-corrected chi connectivity index (χ3v) is 1.45. The zero-order valence-electron chi connectivity index (χ0n) is 7.40. The molecule has 0 bridgehead atoms. The summed E-state index contributed by atoms with van der Waals surface area (Å²) in [5.41, 5.74) is 0.562. The molecule has 1 rings (SSSR count). The van der Waals surface area contributed by atoms with Gasteiger partial charge < -0.3 is 10.2 Å². The van der Waals surface area contributed by atoms with E-state index in [1.54, 1.807) is 6.07 Å². The van der Waals surface area contributed by atoms with Gasteiger partial charge in [0.1, 0.15) is 5.69 Å². The Morgan fingerprint density at radius 1 is 1.57 bits per heavy atom. The number of nitrogens with zero attached hydrogens (tertiary/aromatic N) is 1. The van der Waals surface area contributed by atoms with E-state index in [4.69, 9.17) is 10.2 Å². The third-order valence-electron chi connectivity index (χ3n) is 1.45. The summed E-state index contributed by atoms with van der Waals surface area (Å²) in [4.78, 5) is 14.2. The highest BCUT2D eigenvalue weighted by molar-refractivity contribution is 5.85. The Morgan fingerprint density at radius 2 is 2.36 bits per heavy atom. The van der Waals surface area contributed by atoms with Gasteiger partial charge in [0.2, 0.25) is 0 Å². The second-order valence-electron chi connectivity index (χ2n) is 2.51. The summed E-state index contributed by atoms with van der Waals surface area (Å²) < 4.78 is 0. The number of aliphatic hydroxyl groups is 1. The highest BCUT2D eigenvalue weighted by atomic mass is 16.4. The molecule has 0 unspecified atom stereocenters. The molecule has 0 aliphatic carbocycles. The first-order chi connectivity index (χ1) is 6.74. The van der Waals surface area contributed by atoms with E-state index in [0.29, 0.717) is 12.0 Å². The Balaban J connectivity index is 2.85. The van der Waals surface area contributed by atoms with Gasteiger partial charge in [-0.15, -0.1) is 0 Å². The maximum Gasteiger partial charge on any atom is 0.354 e. The monoisotopic (exact) mass is 191 g/mol. The highest BCUT2D eigenvalue weighted by Crippen LogP contribution is 1.99. The number of pyridine rings is 1. The molecular formula is C10H9NO3. The number of aromatic carboxylic acids is 1. The van der Waals surface area contributed by atoms with E-state index in [-0.39, 0.29) is 12.3 Å². The Labute approximate surface area is 81.2 Å². The summed E-state index contributed by atoms with van der Waals surface area (Å²) in [5, 5.41) is 17.1. The molecule has 0 amide bonds. The zero-order valence-corrected chi connectivity index (χ0v) is 7.40. The van der Waals surface area contributed by atoms with E-state index in [9.17, 15) is 4.79 Å². The minimum absolute atomic E-state index is 0.00384. The van der Waals surface area contributed by atoms with Crippen LogP contribution >= 0.6 is 0 Å². The van der Waals surface area contributed by atoms with Gasteiger partial charge in [-0.25, -0.2) is 9.78 Å². The van der Waals surface area contributed by atoms with Crippen LogP contribution in [0.2, 0.25) is 0 Å². The molecule has 0 saturated carbocycles. The predicted octanol–water partition coefficient (Wildman–Crippen LogP) is 0.514. The Hall–Kier alpha value is -1.86. The van der Waals surface area contributed by atoms with E-state index >= 15 is 0 Å². The highest BCUT2D eigenvalue weighted by Gasteiger charge is 2.02. The van der Waals surface area contributed by atoms with Gasteiger partial charge in [-0.3, -0.25) is 0 Å². The number of aliphatic hydroxyl groups excluding tert-OH is 1. The summed E-state index contributed by atoms with van der Waals surface area (Å²) in [6.45, 7) is 0.00384. The van der Waals surface area contributed by atoms with E-state index in [1.165, 1.54) is 12.3 Å². The average molecular weight is 191 g/mol. The van der Waals surface area contributed by atoms with Crippen molar-refractivity contribution >= 4 is 5.97 Å². The van der Waals surface area contributed by atoms with Crippen LogP contribution in [0.5, 0.6) is 0 Å². The molecule has 0 spiro atoms. The standard InChI is InChI=1S/C10H9NO3/c12-6-2-1-3-8-4-5-11-9(7-8)10(13)14/h4-5,7,12H,2,6H2,(H,13,14). The lowest BCUT2D eigenvalue weighted by molar-refractivity contribution is 0.0690. The maximum absolute atomic E-state index is 10.5. The summed E-state index contributed by atoms with van der Waals surface area (Å²) in [6.07, 6.45) is 1.77. The lowest BCUT2D eigenvalue weighted by Gasteiger charge is -1.93. The molecule has 0 aromatic carbocycles. The number of hydrogen-bond donors (Lipinski definition) is 2. The SMILES string of the molecule is O=C(O)c1cc(C#CCCO)ccn1. The van der Waals surface area contributed by atoms with Gasteiger partial charge in [-0.1, -0.05) is 11.8 Å². The summed E-state index contributed by atoms with van der Waals surface area (Å²) >= 11 is 0. The first-order valence-corrected chi connectivity index (χ1v) is 4.03. The summed E-state index contributed by atoms with van der Waals surface area (Å²) in [6, 6.07) is 3.02. The summed E-state index contributed by atoms with van der Waals surface area (Å²) in [7, 11) is 0. The molecule has 2 N–H and O–H groups in total. The van der Waals surface area contributed by atoms with Crippen LogP contribution in [-0.4, -0.2) is 27.8 Å². The first kappa shape index (κ1) is 10.2. The van der Waals surface area contributed by atoms with Crippen LogP contribution in [0.15, 0.2) is 18.3 Å². The number of carboxylic acids is 1. The van der Waals surface area contributed by atoms with Gasteiger partial charge in [-0.2, -0.15) is 0 Å². The van der Waals surface area contributed by atoms with Crippen LogP contribution in [0.3, 0.4) is 0 Å². The van der Waals surface area contributed by atoms with E-state index in [1.807, 2.05) is 0 Å². The van der Waals surface area contributed by atoms with Crippen LogP contribution < -0.4 is 0 Å². The minimum Gasteiger partial charge on any atom is -0.477 e. The van der Waals surface area contributed by atoms with E-state index < -0.39 is 5.97 Å². The van der Waals surface area contributed by atoms with Crippen LogP contribution in [0.25, 0.3) is 0 Å². The van der Waals surface area contributed by atoms with Crippen molar-refractivity contribution in [3.8, 4) is 11.8 Å². The molecule has 0 saturated heterocycles. The molecule has 4 nitrogen and oxygen atoms in total. The fourth-order valence-corrected chi connectivity index (χ4v) is 0.846. The maximum atomic E-state index is 10.5.